The standard InChI is InChI=1S/C38H50O14/c1-11-18(4)32(43)51-30-27-29(50-31(42)17(2)3)34(6,7)22(15-24(40)46-10)36(9)21-12-13-35(8)23(37(21,30)52-38(27,36)45)16-25(41)48-28(35)20-14-26(47-19(5)39)49-33(20)44/h14,16-18,21-22,26-30,45H,11-13,15H2,1-10H3/t18?,21-,22+,26-,27?,28+,29-,30-,35-,36-,37+,38+/m1/s1. The Labute approximate surface area is 302 Å². The molecular weight excluding hydrogens is 680 g/mol. The normalized spacial score (nSPS) is 41.4. The molecule has 14 nitrogen and oxygen atoms in total. The van der Waals surface area contributed by atoms with Gasteiger partial charge in [0.25, 0.3) is 6.29 Å². The molecule has 4 heterocycles. The number of hydrogen-bond acceptors (Lipinski definition) is 14. The molecule has 4 fully saturated rings. The third-order valence-electron chi connectivity index (χ3n) is 13.2. The van der Waals surface area contributed by atoms with Crippen molar-refractivity contribution in [3.63, 3.8) is 0 Å². The van der Waals surface area contributed by atoms with Gasteiger partial charge in [0.1, 0.15) is 23.9 Å². The van der Waals surface area contributed by atoms with E-state index < -0.39 is 118 Å². The Hall–Kier alpha value is -3.78. The number of aliphatic hydroxyl groups is 1. The van der Waals surface area contributed by atoms with Crippen molar-refractivity contribution in [2.75, 3.05) is 7.11 Å². The molecular formula is C38H50O14. The van der Waals surface area contributed by atoms with Crippen LogP contribution >= 0.6 is 0 Å². The first-order valence-electron chi connectivity index (χ1n) is 18.1. The summed E-state index contributed by atoms with van der Waals surface area (Å²) in [5.41, 5.74) is -4.85. The number of hydrogen-bond donors (Lipinski definition) is 1. The molecule has 6 rings (SSSR count). The van der Waals surface area contributed by atoms with Crippen molar-refractivity contribution in [3.8, 4) is 0 Å². The number of carbonyl (C=O) groups excluding carboxylic acids is 6. The van der Waals surface area contributed by atoms with Gasteiger partial charge >= 0.3 is 35.8 Å². The number of carbonyl (C=O) groups is 6. The Bertz CT molecular complexity index is 1660. The van der Waals surface area contributed by atoms with Gasteiger partial charge in [-0.25, -0.2) is 9.59 Å². The quantitative estimate of drug-likeness (QED) is 0.268. The number of methoxy groups -OCH3 is 1. The molecule has 2 saturated heterocycles. The maximum atomic E-state index is 13.9. The van der Waals surface area contributed by atoms with E-state index in [-0.39, 0.29) is 12.0 Å². The molecule has 52 heavy (non-hydrogen) atoms. The Kier molecular flexibility index (Phi) is 9.05. The molecule has 0 aromatic carbocycles. The molecule has 1 N–H and O–H groups in total. The summed E-state index contributed by atoms with van der Waals surface area (Å²) >= 11 is 0. The fourth-order valence-electron chi connectivity index (χ4n) is 10.5. The van der Waals surface area contributed by atoms with E-state index in [1.807, 2.05) is 27.7 Å². The molecule has 0 aromatic heterocycles. The van der Waals surface area contributed by atoms with Crippen LogP contribution in [-0.2, 0) is 61.9 Å². The van der Waals surface area contributed by atoms with Crippen molar-refractivity contribution in [2.24, 2.45) is 45.8 Å². The second kappa shape index (κ2) is 12.4. The van der Waals surface area contributed by atoms with Crippen LogP contribution in [0.3, 0.4) is 0 Å². The van der Waals surface area contributed by atoms with Gasteiger partial charge in [-0.05, 0) is 30.8 Å². The van der Waals surface area contributed by atoms with Gasteiger partial charge < -0.3 is 38.3 Å². The summed E-state index contributed by atoms with van der Waals surface area (Å²) in [7, 11) is 1.27. The number of fused-ring (bicyclic) bond motifs is 2. The van der Waals surface area contributed by atoms with E-state index in [2.05, 4.69) is 0 Å². The van der Waals surface area contributed by atoms with Crippen molar-refractivity contribution in [1.29, 1.82) is 0 Å². The Morgan fingerprint density at radius 1 is 0.981 bits per heavy atom. The average Bonchev–Trinajstić information content (AvgIpc) is 3.62. The minimum Gasteiger partial charge on any atom is -0.469 e. The highest BCUT2D eigenvalue weighted by Crippen LogP contribution is 2.80. The Morgan fingerprint density at radius 2 is 1.63 bits per heavy atom. The number of cyclic esters (lactones) is 2. The molecule has 12 atom stereocenters. The fourth-order valence-corrected chi connectivity index (χ4v) is 10.5. The van der Waals surface area contributed by atoms with Crippen LogP contribution in [0.15, 0.2) is 23.3 Å². The molecule has 2 saturated carbocycles. The van der Waals surface area contributed by atoms with Crippen LogP contribution < -0.4 is 0 Å². The van der Waals surface area contributed by atoms with Gasteiger partial charge in [0.2, 0.25) is 0 Å². The van der Waals surface area contributed by atoms with Crippen LogP contribution in [0, 0.1) is 45.8 Å². The Balaban J connectivity index is 1.59. The molecule has 0 aromatic rings. The molecule has 0 radical (unpaired) electrons. The van der Waals surface area contributed by atoms with E-state index in [0.717, 1.165) is 0 Å². The maximum absolute atomic E-state index is 13.9. The van der Waals surface area contributed by atoms with Gasteiger partial charge in [-0.2, -0.15) is 0 Å². The van der Waals surface area contributed by atoms with Crippen LogP contribution in [0.4, 0.5) is 0 Å². The van der Waals surface area contributed by atoms with Crippen molar-refractivity contribution in [3.05, 3.63) is 23.3 Å². The van der Waals surface area contributed by atoms with Crippen LogP contribution in [0.2, 0.25) is 0 Å². The van der Waals surface area contributed by atoms with E-state index in [9.17, 15) is 33.9 Å². The predicted octanol–water partition coefficient (Wildman–Crippen LogP) is 3.47. The zero-order chi connectivity index (χ0) is 38.5. The van der Waals surface area contributed by atoms with E-state index >= 15 is 0 Å². The fraction of sp³-hybridized carbons (Fsp3) is 0.737. The van der Waals surface area contributed by atoms with Crippen LogP contribution in [-0.4, -0.2) is 84.0 Å². The first-order valence-corrected chi connectivity index (χ1v) is 18.1. The number of esters is 6. The van der Waals surface area contributed by atoms with E-state index in [1.54, 1.807) is 27.7 Å². The first-order chi connectivity index (χ1) is 24.1. The largest absolute Gasteiger partial charge is 0.469 e. The zero-order valence-corrected chi connectivity index (χ0v) is 31.4. The summed E-state index contributed by atoms with van der Waals surface area (Å²) in [6.07, 6.45) is -1.51. The lowest BCUT2D eigenvalue weighted by Gasteiger charge is -2.67. The highest BCUT2D eigenvalue weighted by molar-refractivity contribution is 5.95. The summed E-state index contributed by atoms with van der Waals surface area (Å²) in [5, 5.41) is 13.2. The number of rotatable bonds is 9. The average molecular weight is 731 g/mol. The summed E-state index contributed by atoms with van der Waals surface area (Å²) in [6.45, 7) is 15.4. The van der Waals surface area contributed by atoms with Crippen LogP contribution in [0.5, 0.6) is 0 Å². The lowest BCUT2D eigenvalue weighted by Crippen LogP contribution is -2.76. The van der Waals surface area contributed by atoms with Gasteiger partial charge in [-0.15, -0.1) is 0 Å². The monoisotopic (exact) mass is 730 g/mol. The lowest BCUT2D eigenvalue weighted by atomic mass is 9.37. The predicted molar refractivity (Wildman–Crippen MR) is 177 cm³/mol. The van der Waals surface area contributed by atoms with Crippen molar-refractivity contribution in [2.45, 2.75) is 124 Å². The van der Waals surface area contributed by atoms with Gasteiger partial charge in [-0.1, -0.05) is 55.4 Å². The van der Waals surface area contributed by atoms with Gasteiger partial charge in [0, 0.05) is 47.7 Å². The minimum atomic E-state index is -2.15. The second-order valence-corrected chi connectivity index (χ2v) is 16.6. The third-order valence-corrected chi connectivity index (χ3v) is 13.2. The molecule has 2 aliphatic carbocycles. The maximum Gasteiger partial charge on any atom is 0.341 e. The van der Waals surface area contributed by atoms with Gasteiger partial charge in [0.05, 0.1) is 30.4 Å². The Morgan fingerprint density at radius 3 is 2.23 bits per heavy atom. The molecule has 2 bridgehead atoms. The first kappa shape index (κ1) is 38.0. The summed E-state index contributed by atoms with van der Waals surface area (Å²) in [5.74, 6) is -9.81. The molecule has 14 heteroatoms. The minimum absolute atomic E-state index is 0.0400. The topological polar surface area (TPSA) is 187 Å². The summed E-state index contributed by atoms with van der Waals surface area (Å²) in [4.78, 5) is 79.1. The zero-order valence-electron chi connectivity index (χ0n) is 31.4. The molecule has 0 amide bonds. The molecule has 286 valence electrons. The van der Waals surface area contributed by atoms with Crippen LogP contribution in [0.25, 0.3) is 0 Å². The van der Waals surface area contributed by atoms with Crippen LogP contribution in [0.1, 0.15) is 88.0 Å². The number of ether oxygens (including phenoxy) is 7. The smallest absolute Gasteiger partial charge is 0.341 e. The summed E-state index contributed by atoms with van der Waals surface area (Å²) in [6, 6.07) is 0. The highest BCUT2D eigenvalue weighted by Gasteiger charge is 2.90. The van der Waals surface area contributed by atoms with Crippen molar-refractivity contribution >= 4 is 35.8 Å². The molecule has 6 aliphatic rings. The van der Waals surface area contributed by atoms with Crippen molar-refractivity contribution in [1.82, 2.24) is 0 Å². The van der Waals surface area contributed by atoms with Crippen molar-refractivity contribution < 1.29 is 67.0 Å². The lowest BCUT2D eigenvalue weighted by molar-refractivity contribution is -0.326. The van der Waals surface area contributed by atoms with Gasteiger partial charge in [-0.3, -0.25) is 19.2 Å². The van der Waals surface area contributed by atoms with E-state index in [0.29, 0.717) is 24.8 Å². The van der Waals surface area contributed by atoms with E-state index in [1.165, 1.54) is 26.2 Å². The SMILES string of the molecule is CCC(C)C(=O)O[C@@H]1C2[C@@H](OC(=O)C(C)C)C(C)(C)[C@H](CC(=O)OC)[C@@]3(C)[C@H]4CC[C@]5(C)C(=CC(=O)O[C@H]5C5=C[C@H](OC(C)=O)OC5=O)[C@]14O[C@@]23O. The highest BCUT2D eigenvalue weighted by atomic mass is 16.7. The third kappa shape index (κ3) is 5.02. The molecule has 2 unspecified atom stereocenters. The molecule has 1 spiro atoms. The second-order valence-electron chi connectivity index (χ2n) is 16.6. The molecule has 4 aliphatic heterocycles. The van der Waals surface area contributed by atoms with E-state index in [4.69, 9.17) is 33.2 Å². The van der Waals surface area contributed by atoms with Gasteiger partial charge in [0.15, 0.2) is 5.79 Å². The summed E-state index contributed by atoms with van der Waals surface area (Å²) < 4.78 is 41.2.